The van der Waals surface area contributed by atoms with E-state index in [1.807, 2.05) is 22.6 Å². The third-order valence-electron chi connectivity index (χ3n) is 9.43. The van der Waals surface area contributed by atoms with E-state index in [1.165, 1.54) is 32.6 Å². The Morgan fingerprint density at radius 3 is 1.73 bits per heavy atom. The minimum absolute atomic E-state index is 0.0337. The van der Waals surface area contributed by atoms with Crippen molar-refractivity contribution < 1.29 is 0 Å². The number of aromatic nitrogens is 2. The second-order valence-electron chi connectivity index (χ2n) is 11.7. The van der Waals surface area contributed by atoms with E-state index in [2.05, 4.69) is 132 Å². The molecule has 0 aliphatic carbocycles. The molecule has 3 nitrogen and oxygen atoms in total. The molecule has 0 N–H and O–H groups in total. The monoisotopic (exact) mass is 560 g/mol. The number of hydrogen-bond donors (Lipinski definition) is 0. The Morgan fingerprint density at radius 1 is 0.386 bits per heavy atom. The first-order chi connectivity index (χ1) is 21.8. The van der Waals surface area contributed by atoms with Gasteiger partial charge in [-0.15, -0.1) is 0 Å². The summed E-state index contributed by atoms with van der Waals surface area (Å²) < 4.78 is 4.32. The van der Waals surface area contributed by atoms with Crippen molar-refractivity contribution in [2.75, 3.05) is 0 Å². The average Bonchev–Trinajstić information content (AvgIpc) is 3.60. The van der Waals surface area contributed by atoms with E-state index >= 15 is 0 Å². The summed E-state index contributed by atoms with van der Waals surface area (Å²) in [4.78, 5) is 13.8. The van der Waals surface area contributed by atoms with Gasteiger partial charge in [-0.25, -0.2) is 0 Å². The van der Waals surface area contributed by atoms with Gasteiger partial charge in [0, 0.05) is 37.7 Å². The van der Waals surface area contributed by atoms with Crippen LogP contribution < -0.4 is 5.56 Å². The molecule has 7 aromatic carbocycles. The van der Waals surface area contributed by atoms with E-state index in [0.717, 1.165) is 54.8 Å². The predicted octanol–water partition coefficient (Wildman–Crippen LogP) is 10.1. The standard InChI is InChI=1S/C41H24N2O/c44-41-34-15-4-3-12-29(34)32-16-9-17-33-35-23-25(20-21-38(35)43(41)40(32)33)27-22-26-10-1-2-11-28(26)39(24-27)42-36-18-7-5-13-30(36)31-14-6-8-19-37(31)42/h1-24H. The fourth-order valence-corrected chi connectivity index (χ4v) is 7.53. The minimum Gasteiger partial charge on any atom is -0.309 e. The van der Waals surface area contributed by atoms with Crippen molar-refractivity contribution in [1.82, 2.24) is 8.97 Å². The zero-order valence-corrected chi connectivity index (χ0v) is 23.7. The van der Waals surface area contributed by atoms with Crippen LogP contribution in [0.4, 0.5) is 0 Å². The van der Waals surface area contributed by atoms with Gasteiger partial charge in [0.15, 0.2) is 0 Å². The summed E-state index contributed by atoms with van der Waals surface area (Å²) in [5, 5.41) is 9.95. The smallest absolute Gasteiger partial charge is 0.263 e. The van der Waals surface area contributed by atoms with Crippen LogP contribution in [0.25, 0.3) is 87.4 Å². The Labute approximate surface area is 251 Å². The van der Waals surface area contributed by atoms with Gasteiger partial charge in [-0.1, -0.05) is 103 Å². The highest BCUT2D eigenvalue weighted by Crippen LogP contribution is 2.39. The second-order valence-corrected chi connectivity index (χ2v) is 11.7. The number of fused-ring (bicyclic) bond motifs is 9. The van der Waals surface area contributed by atoms with Gasteiger partial charge in [0.2, 0.25) is 0 Å². The van der Waals surface area contributed by atoms with Gasteiger partial charge in [-0.3, -0.25) is 9.20 Å². The Morgan fingerprint density at radius 2 is 0.977 bits per heavy atom. The first-order valence-corrected chi connectivity index (χ1v) is 15.0. The van der Waals surface area contributed by atoms with Crippen molar-refractivity contribution in [3.8, 4) is 16.8 Å². The van der Waals surface area contributed by atoms with Crippen LogP contribution in [0.2, 0.25) is 0 Å². The van der Waals surface area contributed by atoms with Crippen LogP contribution >= 0.6 is 0 Å². The Kier molecular flexibility index (Phi) is 4.59. The fourth-order valence-electron chi connectivity index (χ4n) is 7.53. The number of hydrogen-bond acceptors (Lipinski definition) is 1. The number of para-hydroxylation sites is 3. The predicted molar refractivity (Wildman–Crippen MR) is 185 cm³/mol. The van der Waals surface area contributed by atoms with E-state index in [-0.39, 0.29) is 5.56 Å². The first kappa shape index (κ1) is 23.6. The van der Waals surface area contributed by atoms with Crippen LogP contribution in [0.3, 0.4) is 0 Å². The van der Waals surface area contributed by atoms with Crippen LogP contribution in [0.5, 0.6) is 0 Å². The van der Waals surface area contributed by atoms with Crippen molar-refractivity contribution in [1.29, 1.82) is 0 Å². The topological polar surface area (TPSA) is 26.4 Å². The first-order valence-electron chi connectivity index (χ1n) is 15.0. The maximum atomic E-state index is 13.8. The Bertz CT molecular complexity index is 2800. The molecule has 0 fully saturated rings. The molecule has 3 heterocycles. The van der Waals surface area contributed by atoms with Crippen molar-refractivity contribution in [2.24, 2.45) is 0 Å². The van der Waals surface area contributed by atoms with Crippen LogP contribution in [0, 0.1) is 0 Å². The number of rotatable bonds is 2. The quantitative estimate of drug-likeness (QED) is 0.193. The molecule has 0 saturated carbocycles. The number of pyridine rings is 1. The lowest BCUT2D eigenvalue weighted by Crippen LogP contribution is -2.12. The summed E-state index contributed by atoms with van der Waals surface area (Å²) >= 11 is 0. The van der Waals surface area contributed by atoms with Gasteiger partial charge in [0.1, 0.15) is 0 Å². The van der Waals surface area contributed by atoms with E-state index in [9.17, 15) is 4.79 Å². The number of benzene rings is 7. The SMILES string of the molecule is O=c1c2ccccc2c2cccc3c4cc(-c5cc(-n6c7ccccc7c7ccccc76)c6ccccc6c5)ccc4n1c23. The molecule has 204 valence electrons. The molecule has 3 aromatic heterocycles. The largest absolute Gasteiger partial charge is 0.309 e. The molecule has 3 heteroatoms. The lowest BCUT2D eigenvalue weighted by molar-refractivity contribution is 1.20. The molecular weight excluding hydrogens is 536 g/mol. The molecule has 0 spiro atoms. The van der Waals surface area contributed by atoms with E-state index < -0.39 is 0 Å². The third-order valence-corrected chi connectivity index (χ3v) is 9.43. The fraction of sp³-hybridized carbons (Fsp3) is 0. The lowest BCUT2D eigenvalue weighted by Gasteiger charge is -2.14. The normalized spacial score (nSPS) is 12.2. The summed E-state index contributed by atoms with van der Waals surface area (Å²) in [6, 6.07) is 51.5. The highest BCUT2D eigenvalue weighted by atomic mass is 16.1. The average molecular weight is 561 g/mol. The molecule has 0 saturated heterocycles. The zero-order valence-electron chi connectivity index (χ0n) is 23.7. The van der Waals surface area contributed by atoms with Crippen LogP contribution in [0.1, 0.15) is 0 Å². The third kappa shape index (κ3) is 3.03. The summed E-state index contributed by atoms with van der Waals surface area (Å²) in [5.74, 6) is 0. The van der Waals surface area contributed by atoms with Crippen molar-refractivity contribution >= 4 is 70.5 Å². The molecule has 0 radical (unpaired) electrons. The number of nitrogens with zero attached hydrogens (tertiary/aromatic N) is 2. The van der Waals surface area contributed by atoms with Gasteiger partial charge in [-0.2, -0.15) is 0 Å². The zero-order chi connectivity index (χ0) is 28.9. The molecule has 10 aromatic rings. The molecule has 0 aliphatic heterocycles. The van der Waals surface area contributed by atoms with Gasteiger partial charge in [-0.05, 0) is 64.4 Å². The molecule has 0 amide bonds. The Hall–Kier alpha value is -5.93. The molecule has 0 aliphatic rings. The van der Waals surface area contributed by atoms with Gasteiger partial charge in [0.25, 0.3) is 5.56 Å². The highest BCUT2D eigenvalue weighted by Gasteiger charge is 2.19. The summed E-state index contributed by atoms with van der Waals surface area (Å²) in [7, 11) is 0. The van der Waals surface area contributed by atoms with Gasteiger partial charge >= 0.3 is 0 Å². The minimum atomic E-state index is 0.0337. The van der Waals surface area contributed by atoms with Gasteiger partial charge in [0.05, 0.1) is 27.8 Å². The van der Waals surface area contributed by atoms with Crippen LogP contribution in [-0.4, -0.2) is 8.97 Å². The van der Waals surface area contributed by atoms with E-state index in [1.54, 1.807) is 0 Å². The highest BCUT2D eigenvalue weighted by molar-refractivity contribution is 6.20. The van der Waals surface area contributed by atoms with Crippen molar-refractivity contribution in [2.45, 2.75) is 0 Å². The maximum Gasteiger partial charge on any atom is 0.263 e. The maximum absolute atomic E-state index is 13.8. The van der Waals surface area contributed by atoms with E-state index in [0.29, 0.717) is 0 Å². The summed E-state index contributed by atoms with van der Waals surface area (Å²) in [5.41, 5.74) is 7.78. The molecule has 10 rings (SSSR count). The Balaban J connectivity index is 1.29. The van der Waals surface area contributed by atoms with Gasteiger partial charge < -0.3 is 4.57 Å². The van der Waals surface area contributed by atoms with Crippen LogP contribution in [0.15, 0.2) is 150 Å². The molecular formula is C41H24N2O. The molecule has 0 atom stereocenters. The van der Waals surface area contributed by atoms with Crippen molar-refractivity contribution in [3.63, 3.8) is 0 Å². The molecule has 0 unspecified atom stereocenters. The molecule has 0 bridgehead atoms. The second kappa shape index (κ2) is 8.56. The van der Waals surface area contributed by atoms with Crippen LogP contribution in [-0.2, 0) is 0 Å². The summed E-state index contributed by atoms with van der Waals surface area (Å²) in [6.45, 7) is 0. The molecule has 44 heavy (non-hydrogen) atoms. The van der Waals surface area contributed by atoms with E-state index in [4.69, 9.17) is 0 Å². The van der Waals surface area contributed by atoms with Crippen molar-refractivity contribution in [3.05, 3.63) is 156 Å². The lowest BCUT2D eigenvalue weighted by atomic mass is 9.97. The summed E-state index contributed by atoms with van der Waals surface area (Å²) in [6.07, 6.45) is 0.